The molecular weight excluding hydrogens is 256 g/mol. The van der Waals surface area contributed by atoms with Crippen molar-refractivity contribution in [3.63, 3.8) is 0 Å². The number of aliphatic hydroxyl groups is 1. The fourth-order valence-corrected chi connectivity index (χ4v) is 4.84. The first-order valence-corrected chi connectivity index (χ1v) is 8.11. The molecule has 0 aromatic heterocycles. The van der Waals surface area contributed by atoms with Crippen LogP contribution in [0.4, 0.5) is 4.79 Å². The summed E-state index contributed by atoms with van der Waals surface area (Å²) in [7, 11) is 0. The molecule has 1 saturated carbocycles. The molecule has 2 N–H and O–H groups in total. The highest BCUT2D eigenvalue weighted by molar-refractivity contribution is 5.76. The number of urea groups is 1. The number of ether oxygens (including phenoxy) is 1. The van der Waals surface area contributed by atoms with Gasteiger partial charge in [0.1, 0.15) is 0 Å². The van der Waals surface area contributed by atoms with Crippen LogP contribution in [-0.4, -0.2) is 52.5 Å². The summed E-state index contributed by atoms with van der Waals surface area (Å²) in [6.07, 6.45) is 8.28. The summed E-state index contributed by atoms with van der Waals surface area (Å²) < 4.78 is 5.80. The monoisotopic (exact) mass is 280 g/mol. The van der Waals surface area contributed by atoms with Crippen LogP contribution in [0.1, 0.15) is 51.4 Å². The van der Waals surface area contributed by atoms with Gasteiger partial charge in [0.15, 0.2) is 0 Å². The van der Waals surface area contributed by atoms with E-state index >= 15 is 0 Å². The van der Waals surface area contributed by atoms with Crippen LogP contribution in [0.2, 0.25) is 0 Å². The number of aliphatic hydroxyl groups excluding tert-OH is 1. The standard InChI is InChI=1S/C15H24N2O3/c18-13-5-8-17(15(13)6-1-2-7-15)14(19)16-11-9-10-3-4-12(11)20-10/h10-13,18H,1-9H2,(H,16,19). The highest BCUT2D eigenvalue weighted by Gasteiger charge is 2.52. The fraction of sp³-hybridized carbons (Fsp3) is 0.933. The van der Waals surface area contributed by atoms with E-state index in [-0.39, 0.29) is 29.8 Å². The molecule has 4 rings (SSSR count). The van der Waals surface area contributed by atoms with Crippen LogP contribution in [0.25, 0.3) is 0 Å². The van der Waals surface area contributed by atoms with Gasteiger partial charge < -0.3 is 20.1 Å². The number of likely N-dealkylation sites (tertiary alicyclic amines) is 1. The van der Waals surface area contributed by atoms with Crippen molar-refractivity contribution in [2.75, 3.05) is 6.54 Å². The van der Waals surface area contributed by atoms with Gasteiger partial charge in [-0.15, -0.1) is 0 Å². The molecule has 2 amide bonds. The van der Waals surface area contributed by atoms with E-state index in [2.05, 4.69) is 5.32 Å². The maximum absolute atomic E-state index is 12.6. The van der Waals surface area contributed by atoms with Crippen molar-refractivity contribution >= 4 is 6.03 Å². The minimum absolute atomic E-state index is 0.0181. The maximum atomic E-state index is 12.6. The number of hydrogen-bond donors (Lipinski definition) is 2. The average molecular weight is 280 g/mol. The van der Waals surface area contributed by atoms with Crippen molar-refractivity contribution in [2.45, 2.75) is 81.3 Å². The molecule has 3 heterocycles. The molecule has 112 valence electrons. The Bertz CT molecular complexity index is 408. The topological polar surface area (TPSA) is 61.8 Å². The minimum atomic E-state index is -0.341. The van der Waals surface area contributed by atoms with Crippen LogP contribution in [-0.2, 0) is 4.74 Å². The van der Waals surface area contributed by atoms with E-state index in [1.54, 1.807) is 0 Å². The van der Waals surface area contributed by atoms with Gasteiger partial charge in [-0.2, -0.15) is 0 Å². The first-order valence-electron chi connectivity index (χ1n) is 8.11. The molecule has 3 saturated heterocycles. The minimum Gasteiger partial charge on any atom is -0.391 e. The molecule has 1 spiro atoms. The molecule has 0 aromatic rings. The Labute approximate surface area is 119 Å². The summed E-state index contributed by atoms with van der Waals surface area (Å²) in [5, 5.41) is 13.5. The SMILES string of the molecule is O=C(NC1CC2CCC1O2)N1CCC(O)C12CCCC2. The predicted molar refractivity (Wildman–Crippen MR) is 73.4 cm³/mol. The number of carbonyl (C=O) groups excluding carboxylic acids is 1. The fourth-order valence-electron chi connectivity index (χ4n) is 4.84. The van der Waals surface area contributed by atoms with Gasteiger partial charge >= 0.3 is 6.03 Å². The molecule has 4 unspecified atom stereocenters. The van der Waals surface area contributed by atoms with Crippen LogP contribution < -0.4 is 5.32 Å². The largest absolute Gasteiger partial charge is 0.391 e. The molecule has 0 aromatic carbocycles. The quantitative estimate of drug-likeness (QED) is 0.763. The summed E-state index contributed by atoms with van der Waals surface area (Å²) >= 11 is 0. The third-order valence-corrected chi connectivity index (χ3v) is 5.91. The first-order chi connectivity index (χ1) is 9.69. The smallest absolute Gasteiger partial charge is 0.318 e. The van der Waals surface area contributed by atoms with E-state index in [4.69, 9.17) is 4.74 Å². The van der Waals surface area contributed by atoms with Crippen molar-refractivity contribution in [2.24, 2.45) is 0 Å². The first kappa shape index (κ1) is 12.9. The number of hydrogen-bond acceptors (Lipinski definition) is 3. The zero-order valence-electron chi connectivity index (χ0n) is 11.9. The number of amides is 2. The molecule has 2 bridgehead atoms. The summed E-state index contributed by atoms with van der Waals surface area (Å²) in [4.78, 5) is 14.6. The summed E-state index contributed by atoms with van der Waals surface area (Å²) in [6.45, 7) is 0.689. The van der Waals surface area contributed by atoms with Crippen molar-refractivity contribution in [3.8, 4) is 0 Å². The van der Waals surface area contributed by atoms with Crippen LogP contribution >= 0.6 is 0 Å². The van der Waals surface area contributed by atoms with Crippen LogP contribution in [0.3, 0.4) is 0 Å². The van der Waals surface area contributed by atoms with Crippen LogP contribution in [0.15, 0.2) is 0 Å². The van der Waals surface area contributed by atoms with Gasteiger partial charge in [0.05, 0.1) is 29.9 Å². The molecule has 5 heteroatoms. The van der Waals surface area contributed by atoms with Gasteiger partial charge in [-0.1, -0.05) is 12.8 Å². The van der Waals surface area contributed by atoms with Gasteiger partial charge in [0.2, 0.25) is 0 Å². The average Bonchev–Trinajstić information content (AvgIpc) is 3.18. The van der Waals surface area contributed by atoms with E-state index < -0.39 is 0 Å². The molecular formula is C15H24N2O3. The van der Waals surface area contributed by atoms with Gasteiger partial charge in [-0.3, -0.25) is 0 Å². The third-order valence-electron chi connectivity index (χ3n) is 5.91. The molecule has 0 radical (unpaired) electrons. The van der Waals surface area contributed by atoms with E-state index in [0.717, 1.165) is 51.4 Å². The molecule has 3 aliphatic heterocycles. The molecule has 5 nitrogen and oxygen atoms in total. The predicted octanol–water partition coefficient (Wildman–Crippen LogP) is 1.40. The zero-order valence-corrected chi connectivity index (χ0v) is 11.9. The van der Waals surface area contributed by atoms with Gasteiger partial charge in [-0.05, 0) is 38.5 Å². The summed E-state index contributed by atoms with van der Waals surface area (Å²) in [5.41, 5.74) is -0.275. The van der Waals surface area contributed by atoms with Crippen molar-refractivity contribution in [3.05, 3.63) is 0 Å². The Hall–Kier alpha value is -0.810. The lowest BCUT2D eigenvalue weighted by Crippen LogP contribution is -2.56. The van der Waals surface area contributed by atoms with Gasteiger partial charge in [0, 0.05) is 6.54 Å². The maximum Gasteiger partial charge on any atom is 0.318 e. The van der Waals surface area contributed by atoms with Crippen molar-refractivity contribution in [1.29, 1.82) is 0 Å². The van der Waals surface area contributed by atoms with E-state index in [0.29, 0.717) is 12.6 Å². The van der Waals surface area contributed by atoms with E-state index in [9.17, 15) is 9.90 Å². The van der Waals surface area contributed by atoms with E-state index in [1.807, 2.05) is 4.90 Å². The van der Waals surface area contributed by atoms with Gasteiger partial charge in [-0.25, -0.2) is 4.79 Å². The lowest BCUT2D eigenvalue weighted by molar-refractivity contribution is 0.0468. The Balaban J connectivity index is 1.45. The number of nitrogens with one attached hydrogen (secondary N) is 1. The number of carbonyl (C=O) groups is 1. The van der Waals surface area contributed by atoms with Gasteiger partial charge in [0.25, 0.3) is 0 Å². The Morgan fingerprint density at radius 1 is 1.25 bits per heavy atom. The normalized spacial score (nSPS) is 41.8. The number of fused-ring (bicyclic) bond motifs is 2. The Morgan fingerprint density at radius 3 is 2.70 bits per heavy atom. The summed E-state index contributed by atoms with van der Waals surface area (Å²) in [6, 6.07) is 0.196. The van der Waals surface area contributed by atoms with Crippen molar-refractivity contribution in [1.82, 2.24) is 10.2 Å². The highest BCUT2D eigenvalue weighted by atomic mass is 16.5. The Kier molecular flexibility index (Phi) is 2.96. The van der Waals surface area contributed by atoms with Crippen LogP contribution in [0.5, 0.6) is 0 Å². The molecule has 4 atom stereocenters. The lowest BCUT2D eigenvalue weighted by atomic mass is 9.91. The molecule has 1 aliphatic carbocycles. The molecule has 4 fully saturated rings. The van der Waals surface area contributed by atoms with Crippen LogP contribution in [0, 0.1) is 0 Å². The molecule has 4 aliphatic rings. The molecule has 20 heavy (non-hydrogen) atoms. The van der Waals surface area contributed by atoms with E-state index in [1.165, 1.54) is 0 Å². The number of nitrogens with zero attached hydrogens (tertiary/aromatic N) is 1. The zero-order chi connectivity index (χ0) is 13.7. The third kappa shape index (κ3) is 1.79. The lowest BCUT2D eigenvalue weighted by Gasteiger charge is -2.38. The number of rotatable bonds is 1. The van der Waals surface area contributed by atoms with Crippen molar-refractivity contribution < 1.29 is 14.6 Å². The second-order valence-corrected chi connectivity index (χ2v) is 6.93. The summed E-state index contributed by atoms with van der Waals surface area (Å²) in [5.74, 6) is 0. The second kappa shape index (κ2) is 4.60. The Morgan fingerprint density at radius 2 is 2.05 bits per heavy atom. The second-order valence-electron chi connectivity index (χ2n) is 6.93. The highest BCUT2D eigenvalue weighted by Crippen LogP contribution is 2.43.